The third kappa shape index (κ3) is 4.34. The zero-order chi connectivity index (χ0) is 20.3. The monoisotopic (exact) mass is 401 g/mol. The van der Waals surface area contributed by atoms with E-state index in [1.165, 1.54) is 0 Å². The average Bonchev–Trinajstić information content (AvgIpc) is 3.18. The number of hydrogen-bond donors (Lipinski definition) is 0. The molecule has 158 valence electrons. The van der Waals surface area contributed by atoms with Crippen molar-refractivity contribution in [1.29, 1.82) is 0 Å². The largest absolute Gasteiger partial charge is 0.618 e. The third-order valence-corrected chi connectivity index (χ3v) is 6.93. The lowest BCUT2D eigenvalue weighted by atomic mass is 9.76. The van der Waals surface area contributed by atoms with E-state index in [9.17, 15) is 14.8 Å². The summed E-state index contributed by atoms with van der Waals surface area (Å²) in [7, 11) is 0. The van der Waals surface area contributed by atoms with Crippen LogP contribution in [0.25, 0.3) is 0 Å². The van der Waals surface area contributed by atoms with Gasteiger partial charge in [-0.15, -0.1) is 0 Å². The minimum Gasteiger partial charge on any atom is -0.618 e. The van der Waals surface area contributed by atoms with Crippen molar-refractivity contribution in [2.24, 2.45) is 5.41 Å². The Balaban J connectivity index is 1.20. The van der Waals surface area contributed by atoms with Crippen LogP contribution in [0.4, 0.5) is 5.95 Å². The summed E-state index contributed by atoms with van der Waals surface area (Å²) in [6, 6.07) is 1.82. The molecule has 1 aromatic rings. The number of carbonyl (C=O) groups excluding carboxylic acids is 2. The van der Waals surface area contributed by atoms with E-state index in [0.717, 1.165) is 70.8 Å². The van der Waals surface area contributed by atoms with Crippen LogP contribution in [-0.2, 0) is 9.59 Å². The number of imide groups is 1. The van der Waals surface area contributed by atoms with E-state index in [4.69, 9.17) is 0 Å². The van der Waals surface area contributed by atoms with Gasteiger partial charge >= 0.3 is 11.8 Å². The maximum absolute atomic E-state index is 13.0. The second-order valence-corrected chi connectivity index (χ2v) is 8.90. The first-order valence-corrected chi connectivity index (χ1v) is 10.9. The first-order valence-electron chi connectivity index (χ1n) is 10.9. The molecule has 0 bridgehead atoms. The Bertz CT molecular complexity index is 707. The number of nitrogens with zero attached hydrogens (tertiary/aromatic N) is 5. The molecule has 3 heterocycles. The highest BCUT2D eigenvalue weighted by Crippen LogP contribution is 2.48. The molecule has 8 heteroatoms. The quantitative estimate of drug-likeness (QED) is 0.312. The topological polar surface area (TPSA) is 89.5 Å². The molecule has 4 rings (SSSR count). The van der Waals surface area contributed by atoms with Crippen molar-refractivity contribution in [3.63, 3.8) is 0 Å². The highest BCUT2D eigenvalue weighted by Gasteiger charge is 2.51. The number of unbranched alkanes of at least 4 members (excludes halogenated alkanes) is 1. The second kappa shape index (κ2) is 8.45. The summed E-state index contributed by atoms with van der Waals surface area (Å²) in [5, 5.41) is 13.0. The zero-order valence-corrected chi connectivity index (χ0v) is 17.1. The Kier molecular flexibility index (Phi) is 5.94. The van der Waals surface area contributed by atoms with Crippen LogP contribution in [0.5, 0.6) is 0 Å². The van der Waals surface area contributed by atoms with Gasteiger partial charge in [-0.3, -0.25) is 4.90 Å². The Morgan fingerprint density at radius 1 is 0.966 bits per heavy atom. The molecule has 2 saturated heterocycles. The molecule has 2 aliphatic heterocycles. The normalized spacial score (nSPS) is 24.4. The average molecular weight is 402 g/mol. The van der Waals surface area contributed by atoms with E-state index in [-0.39, 0.29) is 12.0 Å². The number of hydrogen-bond acceptors (Lipinski definition) is 7. The number of quaternary nitrogens is 1. The fourth-order valence-electron chi connectivity index (χ4n) is 5.12. The lowest BCUT2D eigenvalue weighted by molar-refractivity contribution is -0.731. The third-order valence-electron chi connectivity index (χ3n) is 6.93. The molecule has 0 unspecified atom stereocenters. The molecule has 1 saturated carbocycles. The van der Waals surface area contributed by atoms with Gasteiger partial charge in [0.2, 0.25) is 5.95 Å². The van der Waals surface area contributed by atoms with Crippen molar-refractivity contribution >= 4 is 17.8 Å². The molecule has 1 spiro atoms. The minimum atomic E-state index is -1.22. The number of carbonyl (C=O) groups is 2. The van der Waals surface area contributed by atoms with Gasteiger partial charge in [0.15, 0.2) is 0 Å². The smallest absolute Gasteiger partial charge is 0.321 e. The lowest BCUT2D eigenvalue weighted by Gasteiger charge is -2.45. The first-order chi connectivity index (χ1) is 14.0. The molecule has 0 atom stereocenters. The Labute approximate surface area is 172 Å². The number of hydroxylamine groups is 3. The summed E-state index contributed by atoms with van der Waals surface area (Å²) in [5.74, 6) is -0.0358. The van der Waals surface area contributed by atoms with Gasteiger partial charge in [-0.05, 0) is 43.7 Å². The van der Waals surface area contributed by atoms with Crippen LogP contribution in [0.1, 0.15) is 51.4 Å². The minimum absolute atomic E-state index is 0.103. The fraction of sp³-hybridized carbons (Fsp3) is 0.714. The Hall–Kier alpha value is -1.90. The van der Waals surface area contributed by atoms with Gasteiger partial charge in [0, 0.05) is 38.6 Å². The summed E-state index contributed by atoms with van der Waals surface area (Å²) in [6.07, 6.45) is 9.53. The van der Waals surface area contributed by atoms with Crippen LogP contribution in [0.3, 0.4) is 0 Å². The molecule has 1 aliphatic carbocycles. The molecule has 3 aliphatic rings. The van der Waals surface area contributed by atoms with Crippen LogP contribution in [-0.4, -0.2) is 70.6 Å². The maximum Gasteiger partial charge on any atom is 0.321 e. The summed E-state index contributed by atoms with van der Waals surface area (Å²) in [4.78, 5) is 38.3. The van der Waals surface area contributed by atoms with E-state index in [0.29, 0.717) is 19.3 Å². The first kappa shape index (κ1) is 20.4. The molecule has 8 nitrogen and oxygen atoms in total. The standard InChI is InChI=1S/C21H31N5O3/c27-18-16-21(6-1-2-7-21)17-19(28)26(18,29)15-4-3-10-24-11-13-25(14-12-24)20-22-8-5-9-23-20/h5,8-9H,1-4,6-7,10-17H2. The number of anilines is 1. The molecule has 0 aromatic carbocycles. The van der Waals surface area contributed by atoms with E-state index < -0.39 is 16.5 Å². The van der Waals surface area contributed by atoms with Crippen molar-refractivity contribution in [3.05, 3.63) is 23.7 Å². The van der Waals surface area contributed by atoms with Gasteiger partial charge < -0.3 is 10.1 Å². The predicted molar refractivity (Wildman–Crippen MR) is 109 cm³/mol. The van der Waals surface area contributed by atoms with E-state index >= 15 is 0 Å². The highest BCUT2D eigenvalue weighted by atomic mass is 16.6. The van der Waals surface area contributed by atoms with Crippen LogP contribution >= 0.6 is 0 Å². The van der Waals surface area contributed by atoms with Crippen molar-refractivity contribution in [2.45, 2.75) is 51.4 Å². The molecule has 29 heavy (non-hydrogen) atoms. The Morgan fingerprint density at radius 2 is 1.59 bits per heavy atom. The van der Waals surface area contributed by atoms with Crippen molar-refractivity contribution < 1.29 is 14.2 Å². The molecule has 1 aromatic heterocycles. The number of piperidine rings is 1. The van der Waals surface area contributed by atoms with Gasteiger partial charge in [-0.2, -0.15) is 0 Å². The van der Waals surface area contributed by atoms with Crippen LogP contribution in [0, 0.1) is 10.6 Å². The summed E-state index contributed by atoms with van der Waals surface area (Å²) < 4.78 is -1.22. The van der Waals surface area contributed by atoms with Crippen LogP contribution in [0.15, 0.2) is 18.5 Å². The summed E-state index contributed by atoms with van der Waals surface area (Å²) >= 11 is 0. The lowest BCUT2D eigenvalue weighted by Crippen LogP contribution is -2.59. The van der Waals surface area contributed by atoms with Crippen molar-refractivity contribution in [1.82, 2.24) is 14.9 Å². The van der Waals surface area contributed by atoms with Gasteiger partial charge in [0.25, 0.3) is 0 Å². The summed E-state index contributed by atoms with van der Waals surface area (Å²) in [6.45, 7) is 4.60. The van der Waals surface area contributed by atoms with Crippen molar-refractivity contribution in [3.8, 4) is 0 Å². The van der Waals surface area contributed by atoms with Gasteiger partial charge in [-0.25, -0.2) is 24.2 Å². The SMILES string of the molecule is O=C1CC2(CCCC2)CC(=O)[N+]1([O-])CCCCN1CCN(c2ncccn2)CC1. The zero-order valence-electron chi connectivity index (χ0n) is 17.1. The van der Waals surface area contributed by atoms with Crippen LogP contribution < -0.4 is 4.90 Å². The number of likely N-dealkylation sites (tertiary alicyclic amines) is 1. The fourth-order valence-corrected chi connectivity index (χ4v) is 5.12. The van der Waals surface area contributed by atoms with Gasteiger partial charge in [0.05, 0.1) is 19.4 Å². The second-order valence-electron chi connectivity index (χ2n) is 8.90. The van der Waals surface area contributed by atoms with Gasteiger partial charge in [0.1, 0.15) is 0 Å². The molecule has 2 amide bonds. The number of piperazine rings is 1. The number of aromatic nitrogens is 2. The number of rotatable bonds is 6. The molecule has 0 radical (unpaired) electrons. The predicted octanol–water partition coefficient (Wildman–Crippen LogP) is 2.10. The maximum atomic E-state index is 13.0. The molecular weight excluding hydrogens is 370 g/mol. The Morgan fingerprint density at radius 3 is 2.21 bits per heavy atom. The molecular formula is C21H31N5O3. The van der Waals surface area contributed by atoms with Gasteiger partial charge in [-0.1, -0.05) is 12.8 Å². The van der Waals surface area contributed by atoms with E-state index in [2.05, 4.69) is 19.8 Å². The van der Waals surface area contributed by atoms with Crippen LogP contribution in [0.2, 0.25) is 0 Å². The van der Waals surface area contributed by atoms with E-state index in [1.54, 1.807) is 12.4 Å². The highest BCUT2D eigenvalue weighted by molar-refractivity contribution is 5.88. The number of amides is 2. The van der Waals surface area contributed by atoms with Crippen molar-refractivity contribution in [2.75, 3.05) is 44.2 Å². The molecule has 3 fully saturated rings. The van der Waals surface area contributed by atoms with E-state index in [1.807, 2.05) is 6.07 Å². The molecule has 0 N–H and O–H groups in total. The summed E-state index contributed by atoms with van der Waals surface area (Å²) in [5.41, 5.74) is -0.192.